The lowest BCUT2D eigenvalue weighted by Crippen LogP contribution is -2.44. The minimum Gasteiger partial charge on any atom is -0.480 e. The maximum Gasteiger partial charge on any atom is 0.326 e. The summed E-state index contributed by atoms with van der Waals surface area (Å²) in [4.78, 5) is 24.0. The number of hydrogen-bond acceptors (Lipinski definition) is 2. The first-order valence-electron chi connectivity index (χ1n) is 7.80. The van der Waals surface area contributed by atoms with Gasteiger partial charge in [0.1, 0.15) is 6.04 Å². The zero-order valence-electron chi connectivity index (χ0n) is 12.7. The summed E-state index contributed by atoms with van der Waals surface area (Å²) in [6.07, 6.45) is 1.89. The molecule has 2 atom stereocenters. The average molecular weight is 309 g/mol. The number of carboxylic acid groups (broad SMARTS) is 1. The molecule has 0 fully saturated rings. The number of amides is 1. The van der Waals surface area contributed by atoms with Crippen molar-refractivity contribution in [1.82, 2.24) is 5.32 Å². The van der Waals surface area contributed by atoms with E-state index in [1.54, 1.807) is 0 Å². The van der Waals surface area contributed by atoms with Crippen LogP contribution < -0.4 is 5.32 Å². The summed E-state index contributed by atoms with van der Waals surface area (Å²) in [5.74, 6) is -1.45. The molecule has 1 aliphatic carbocycles. The Balaban J connectivity index is 1.71. The quantitative estimate of drug-likeness (QED) is 0.892. The number of fused-ring (bicyclic) bond motifs is 1. The highest BCUT2D eigenvalue weighted by molar-refractivity contribution is 5.89. The van der Waals surface area contributed by atoms with E-state index >= 15 is 0 Å². The number of carboxylic acids is 1. The Labute approximate surface area is 135 Å². The fourth-order valence-corrected chi connectivity index (χ4v) is 3.15. The third-order valence-electron chi connectivity index (χ3n) is 4.35. The first kappa shape index (κ1) is 15.3. The molecule has 0 saturated carbocycles. The average Bonchev–Trinajstić information content (AvgIpc) is 2.99. The van der Waals surface area contributed by atoms with Crippen molar-refractivity contribution in [2.45, 2.75) is 31.2 Å². The van der Waals surface area contributed by atoms with Crippen molar-refractivity contribution in [3.8, 4) is 0 Å². The monoisotopic (exact) mass is 309 g/mol. The maximum absolute atomic E-state index is 12.5. The highest BCUT2D eigenvalue weighted by atomic mass is 16.4. The Kier molecular flexibility index (Phi) is 4.42. The minimum absolute atomic E-state index is 0.196. The van der Waals surface area contributed by atoms with Gasteiger partial charge < -0.3 is 10.4 Å². The molecule has 0 aromatic heterocycles. The number of hydrogen-bond donors (Lipinski definition) is 2. The van der Waals surface area contributed by atoms with Gasteiger partial charge in [0.2, 0.25) is 5.91 Å². The molecule has 0 saturated heterocycles. The van der Waals surface area contributed by atoms with Gasteiger partial charge in [-0.25, -0.2) is 4.79 Å². The predicted octanol–water partition coefficient (Wildman–Crippen LogP) is 2.53. The molecular weight excluding hydrogens is 290 g/mol. The predicted molar refractivity (Wildman–Crippen MR) is 87.2 cm³/mol. The number of aliphatic carboxylic acids is 1. The van der Waals surface area contributed by atoms with Crippen molar-refractivity contribution in [3.05, 3.63) is 71.3 Å². The number of nitrogens with one attached hydrogen (secondary N) is 1. The van der Waals surface area contributed by atoms with Crippen LogP contribution in [0.15, 0.2) is 54.6 Å². The number of carbonyl (C=O) groups excluding carboxylic acids is 1. The largest absolute Gasteiger partial charge is 0.480 e. The van der Waals surface area contributed by atoms with E-state index in [4.69, 9.17) is 0 Å². The van der Waals surface area contributed by atoms with Gasteiger partial charge >= 0.3 is 5.97 Å². The Hall–Kier alpha value is -2.62. The lowest BCUT2D eigenvalue weighted by Gasteiger charge is -2.18. The van der Waals surface area contributed by atoms with E-state index in [-0.39, 0.29) is 18.2 Å². The summed E-state index contributed by atoms with van der Waals surface area (Å²) in [7, 11) is 0. The molecular formula is C19H19NO3. The van der Waals surface area contributed by atoms with Gasteiger partial charge in [0.25, 0.3) is 0 Å². The molecule has 0 spiro atoms. The maximum atomic E-state index is 12.5. The molecule has 4 heteroatoms. The summed E-state index contributed by atoms with van der Waals surface area (Å²) in [5, 5.41) is 12.1. The highest BCUT2D eigenvalue weighted by Gasteiger charge is 2.31. The molecule has 1 amide bonds. The lowest BCUT2D eigenvalue weighted by atomic mass is 9.99. The summed E-state index contributed by atoms with van der Waals surface area (Å²) in [5.41, 5.74) is 3.10. The molecule has 0 heterocycles. The van der Waals surface area contributed by atoms with Gasteiger partial charge in [0, 0.05) is 6.42 Å². The van der Waals surface area contributed by atoms with Crippen LogP contribution in [0, 0.1) is 0 Å². The summed E-state index contributed by atoms with van der Waals surface area (Å²) in [6.45, 7) is 0. The van der Waals surface area contributed by atoms with E-state index in [2.05, 4.69) is 5.32 Å². The van der Waals surface area contributed by atoms with Gasteiger partial charge in [-0.1, -0.05) is 54.6 Å². The van der Waals surface area contributed by atoms with E-state index in [1.807, 2.05) is 54.6 Å². The highest BCUT2D eigenvalue weighted by Crippen LogP contribution is 2.32. The van der Waals surface area contributed by atoms with Crippen LogP contribution in [0.3, 0.4) is 0 Å². The Morgan fingerprint density at radius 1 is 1.09 bits per heavy atom. The minimum atomic E-state index is -1.01. The van der Waals surface area contributed by atoms with Crippen molar-refractivity contribution in [3.63, 3.8) is 0 Å². The van der Waals surface area contributed by atoms with Gasteiger partial charge in [0.15, 0.2) is 0 Å². The molecule has 0 bridgehead atoms. The third-order valence-corrected chi connectivity index (χ3v) is 4.35. The van der Waals surface area contributed by atoms with Crippen molar-refractivity contribution < 1.29 is 14.7 Å². The first-order chi connectivity index (χ1) is 11.1. The van der Waals surface area contributed by atoms with Gasteiger partial charge in [0.05, 0.1) is 5.92 Å². The molecule has 2 N–H and O–H groups in total. The van der Waals surface area contributed by atoms with E-state index in [0.717, 1.165) is 24.0 Å². The zero-order valence-corrected chi connectivity index (χ0v) is 12.7. The number of aryl methyl sites for hydroxylation is 1. The molecule has 3 rings (SSSR count). The van der Waals surface area contributed by atoms with Crippen LogP contribution >= 0.6 is 0 Å². The standard InChI is InChI=1S/C19H19NO3/c21-18(16-11-10-14-8-4-5-9-15(14)16)20-17(19(22)23)12-13-6-2-1-3-7-13/h1-9,16-17H,10-12H2,(H,20,21)(H,22,23)/t16?,17-/m0/s1. The van der Waals surface area contributed by atoms with Crippen LogP contribution in [0.25, 0.3) is 0 Å². The topological polar surface area (TPSA) is 66.4 Å². The summed E-state index contributed by atoms with van der Waals surface area (Å²) >= 11 is 0. The Morgan fingerprint density at radius 2 is 1.78 bits per heavy atom. The van der Waals surface area contributed by atoms with Crippen molar-refractivity contribution >= 4 is 11.9 Å². The van der Waals surface area contributed by atoms with Gasteiger partial charge in [-0.2, -0.15) is 0 Å². The van der Waals surface area contributed by atoms with Gasteiger partial charge in [-0.05, 0) is 29.5 Å². The second-order valence-electron chi connectivity index (χ2n) is 5.88. The third kappa shape index (κ3) is 3.42. The van der Waals surface area contributed by atoms with E-state index in [9.17, 15) is 14.7 Å². The SMILES string of the molecule is O=C(N[C@@H](Cc1ccccc1)C(=O)O)C1CCc2ccccc21. The molecule has 1 aliphatic rings. The van der Waals surface area contributed by atoms with Crippen LogP contribution in [-0.2, 0) is 22.4 Å². The lowest BCUT2D eigenvalue weighted by molar-refractivity contribution is -0.142. The van der Waals surface area contributed by atoms with Gasteiger partial charge in [-0.3, -0.25) is 4.79 Å². The fraction of sp³-hybridized carbons (Fsp3) is 0.263. The van der Waals surface area contributed by atoms with Crippen molar-refractivity contribution in [2.75, 3.05) is 0 Å². The molecule has 0 radical (unpaired) electrons. The Bertz CT molecular complexity index is 712. The first-order valence-corrected chi connectivity index (χ1v) is 7.80. The van der Waals surface area contributed by atoms with Crippen LogP contribution in [0.4, 0.5) is 0 Å². The number of benzene rings is 2. The normalized spacial score (nSPS) is 17.3. The zero-order chi connectivity index (χ0) is 16.2. The van der Waals surface area contributed by atoms with Crippen LogP contribution in [0.2, 0.25) is 0 Å². The van der Waals surface area contributed by atoms with Crippen LogP contribution in [-0.4, -0.2) is 23.0 Å². The van der Waals surface area contributed by atoms with Crippen LogP contribution in [0.1, 0.15) is 29.0 Å². The molecule has 2 aromatic rings. The van der Waals surface area contributed by atoms with E-state index < -0.39 is 12.0 Å². The molecule has 1 unspecified atom stereocenters. The van der Waals surface area contributed by atoms with Crippen molar-refractivity contribution in [1.29, 1.82) is 0 Å². The molecule has 118 valence electrons. The number of carbonyl (C=O) groups is 2. The van der Waals surface area contributed by atoms with Crippen molar-refractivity contribution in [2.24, 2.45) is 0 Å². The van der Waals surface area contributed by atoms with Gasteiger partial charge in [-0.15, -0.1) is 0 Å². The summed E-state index contributed by atoms with van der Waals surface area (Å²) < 4.78 is 0. The fourth-order valence-electron chi connectivity index (χ4n) is 3.15. The number of rotatable bonds is 5. The summed E-state index contributed by atoms with van der Waals surface area (Å²) in [6, 6.07) is 16.3. The smallest absolute Gasteiger partial charge is 0.326 e. The van der Waals surface area contributed by atoms with E-state index in [1.165, 1.54) is 5.56 Å². The van der Waals surface area contributed by atoms with E-state index in [0.29, 0.717) is 0 Å². The second-order valence-corrected chi connectivity index (χ2v) is 5.88. The molecule has 23 heavy (non-hydrogen) atoms. The molecule has 2 aromatic carbocycles. The molecule has 0 aliphatic heterocycles. The van der Waals surface area contributed by atoms with Crippen LogP contribution in [0.5, 0.6) is 0 Å². The molecule has 4 nitrogen and oxygen atoms in total. The Morgan fingerprint density at radius 3 is 2.52 bits per heavy atom. The second kappa shape index (κ2) is 6.65.